The zero-order valence-electron chi connectivity index (χ0n) is 21.1. The lowest BCUT2D eigenvalue weighted by Crippen LogP contribution is -2.54. The second kappa shape index (κ2) is 15.3. The molecule has 1 aromatic carbocycles. The van der Waals surface area contributed by atoms with Crippen LogP contribution in [0.1, 0.15) is 77.6 Å². The number of unbranched alkanes of at least 4 members (excludes halogenated alkanes) is 9. The number of carbonyl (C=O) groups is 1. The van der Waals surface area contributed by atoms with Crippen LogP contribution in [0.25, 0.3) is 0 Å². The molecule has 0 amide bonds. The van der Waals surface area contributed by atoms with Crippen molar-refractivity contribution in [2.75, 3.05) is 38.5 Å². The van der Waals surface area contributed by atoms with Crippen LogP contribution >= 0.6 is 0 Å². The first kappa shape index (κ1) is 29.4. The van der Waals surface area contributed by atoms with Gasteiger partial charge in [0.15, 0.2) is 0 Å². The summed E-state index contributed by atoms with van der Waals surface area (Å²) in [6.45, 7) is 2.92. The maximum absolute atomic E-state index is 13.3. The number of aliphatic carboxylic acids is 1. The summed E-state index contributed by atoms with van der Waals surface area (Å²) in [6.07, 6.45) is 11.4. The molecule has 0 spiro atoms. The molecule has 1 N–H and O–H groups in total. The second-order valence-electron chi connectivity index (χ2n) is 9.96. The Morgan fingerprint density at radius 3 is 1.94 bits per heavy atom. The van der Waals surface area contributed by atoms with Crippen molar-refractivity contribution in [3.8, 4) is 0 Å². The van der Waals surface area contributed by atoms with Crippen LogP contribution in [0.15, 0.2) is 30.3 Å². The summed E-state index contributed by atoms with van der Waals surface area (Å²) < 4.78 is 31.0. The molecule has 0 unspecified atom stereocenters. The summed E-state index contributed by atoms with van der Waals surface area (Å²) in [5.41, 5.74) is 0.582. The van der Waals surface area contributed by atoms with Crippen LogP contribution in [0, 0.1) is 0 Å². The molecule has 33 heavy (non-hydrogen) atoms. The molecule has 0 aromatic heterocycles. The monoisotopic (exact) mass is 483 g/mol. The third-order valence-corrected chi connectivity index (χ3v) is 7.15. The summed E-state index contributed by atoms with van der Waals surface area (Å²) in [7, 11) is 1.77. The van der Waals surface area contributed by atoms with E-state index < -0.39 is 22.2 Å². The van der Waals surface area contributed by atoms with Crippen LogP contribution in [-0.2, 0) is 15.0 Å². The first-order valence-corrected chi connectivity index (χ1v) is 13.8. The minimum Gasteiger partial charge on any atom is -0.550 e. The van der Waals surface area contributed by atoms with Crippen molar-refractivity contribution in [1.29, 1.82) is 0 Å². The van der Waals surface area contributed by atoms with Crippen LogP contribution in [0.2, 0.25) is 0 Å². The molecular formula is C25H45N3O4S. The highest BCUT2D eigenvalue weighted by Crippen LogP contribution is 2.19. The highest BCUT2D eigenvalue weighted by atomic mass is 32.2. The number of nitrogens with one attached hydrogen (secondary N) is 1. The Labute approximate surface area is 201 Å². The van der Waals surface area contributed by atoms with Gasteiger partial charge in [0.25, 0.3) is 0 Å². The number of quaternary nitrogens is 1. The molecule has 0 saturated heterocycles. The van der Waals surface area contributed by atoms with E-state index in [0.29, 0.717) is 23.3 Å². The van der Waals surface area contributed by atoms with Gasteiger partial charge in [-0.05, 0) is 18.6 Å². The van der Waals surface area contributed by atoms with Gasteiger partial charge in [-0.3, -0.25) is 4.31 Å². The lowest BCUT2D eigenvalue weighted by Gasteiger charge is -2.32. The molecule has 0 fully saturated rings. The molecule has 190 valence electrons. The largest absolute Gasteiger partial charge is 0.550 e. The first-order valence-electron chi connectivity index (χ1n) is 12.4. The smallest absolute Gasteiger partial charge is 0.302 e. The van der Waals surface area contributed by atoms with Gasteiger partial charge in [0.1, 0.15) is 0 Å². The lowest BCUT2D eigenvalue weighted by molar-refractivity contribution is -0.871. The van der Waals surface area contributed by atoms with Gasteiger partial charge in [-0.25, -0.2) is 0 Å². The highest BCUT2D eigenvalue weighted by molar-refractivity contribution is 7.90. The van der Waals surface area contributed by atoms with E-state index in [2.05, 4.69) is 11.6 Å². The third kappa shape index (κ3) is 13.6. The van der Waals surface area contributed by atoms with Crippen molar-refractivity contribution in [3.63, 3.8) is 0 Å². The summed E-state index contributed by atoms with van der Waals surface area (Å²) in [4.78, 5) is 11.2. The van der Waals surface area contributed by atoms with E-state index in [1.54, 1.807) is 24.3 Å². The molecule has 1 atom stereocenters. The Hall–Kier alpha value is -1.64. The minimum atomic E-state index is -3.92. The van der Waals surface area contributed by atoms with Crippen molar-refractivity contribution >= 4 is 21.9 Å². The van der Waals surface area contributed by atoms with Crippen LogP contribution in [0.3, 0.4) is 0 Å². The quantitative estimate of drug-likeness (QED) is 0.241. The van der Waals surface area contributed by atoms with Crippen LogP contribution in [0.5, 0.6) is 0 Å². The molecule has 1 aromatic rings. The number of carboxylic acids is 1. The number of benzene rings is 1. The van der Waals surface area contributed by atoms with E-state index in [9.17, 15) is 18.3 Å². The second-order valence-corrected chi connectivity index (χ2v) is 11.6. The number of nitrogens with zero attached hydrogens (tertiary/aromatic N) is 2. The number of carbonyl (C=O) groups excluding carboxylic acids is 1. The van der Waals surface area contributed by atoms with Crippen molar-refractivity contribution in [2.45, 2.75) is 83.6 Å². The Morgan fingerprint density at radius 1 is 0.939 bits per heavy atom. The van der Waals surface area contributed by atoms with E-state index in [0.717, 1.165) is 19.3 Å². The molecule has 1 rings (SSSR count). The Balaban J connectivity index is 2.70. The van der Waals surface area contributed by atoms with Crippen LogP contribution in [0.4, 0.5) is 5.69 Å². The van der Waals surface area contributed by atoms with Crippen molar-refractivity contribution in [2.24, 2.45) is 0 Å². The highest BCUT2D eigenvalue weighted by Gasteiger charge is 2.28. The van der Waals surface area contributed by atoms with E-state index in [4.69, 9.17) is 0 Å². The maximum atomic E-state index is 13.3. The summed E-state index contributed by atoms with van der Waals surface area (Å²) >= 11 is 0. The fraction of sp³-hybridized carbons (Fsp3) is 0.720. The fourth-order valence-electron chi connectivity index (χ4n) is 4.01. The Morgan fingerprint density at radius 2 is 1.45 bits per heavy atom. The molecule has 0 aliphatic heterocycles. The SMILES string of the molecule is CCCCCCCCCCCCN(c1ccccc1)S(=O)(=O)N[C@H](CC(=O)[O-])C[N+](C)(C)C. The molecule has 0 aliphatic carbocycles. The predicted octanol–water partition coefficient (Wildman–Crippen LogP) is 3.46. The van der Waals surface area contributed by atoms with Crippen molar-refractivity contribution in [3.05, 3.63) is 30.3 Å². The van der Waals surface area contributed by atoms with Crippen LogP contribution in [-0.4, -0.2) is 59.1 Å². The van der Waals surface area contributed by atoms with Gasteiger partial charge in [0.05, 0.1) is 39.4 Å². The standard InChI is InChI=1S/C25H45N3O4S/c1-5-6-7-8-9-10-11-12-13-17-20-27(24-18-15-14-16-19-24)33(31,32)26-23(21-25(29)30)22-28(2,3)4/h14-16,18-19,23,26H,5-13,17,20-22H2,1-4H3/t23-/m1/s1. The zero-order valence-corrected chi connectivity index (χ0v) is 21.9. The molecular weight excluding hydrogens is 438 g/mol. The van der Waals surface area contributed by atoms with Gasteiger partial charge in [0, 0.05) is 18.9 Å². The fourth-order valence-corrected chi connectivity index (χ4v) is 5.48. The molecule has 0 aliphatic rings. The van der Waals surface area contributed by atoms with E-state index in [1.165, 1.54) is 49.3 Å². The van der Waals surface area contributed by atoms with Gasteiger partial charge in [0.2, 0.25) is 0 Å². The van der Waals surface area contributed by atoms with Gasteiger partial charge >= 0.3 is 10.2 Å². The minimum absolute atomic E-state index is 0.341. The van der Waals surface area contributed by atoms with Gasteiger partial charge < -0.3 is 14.4 Å². The summed E-state index contributed by atoms with van der Waals surface area (Å²) in [5.74, 6) is -1.27. The number of anilines is 1. The maximum Gasteiger partial charge on any atom is 0.302 e. The van der Waals surface area contributed by atoms with E-state index in [1.807, 2.05) is 27.2 Å². The number of hydrogen-bond donors (Lipinski definition) is 1. The summed E-state index contributed by atoms with van der Waals surface area (Å²) in [6, 6.07) is 8.24. The zero-order chi connectivity index (χ0) is 24.7. The van der Waals surface area contributed by atoms with Crippen molar-refractivity contribution in [1.82, 2.24) is 4.72 Å². The number of para-hydroxylation sites is 1. The average molecular weight is 484 g/mol. The molecule has 8 heteroatoms. The van der Waals surface area contributed by atoms with E-state index >= 15 is 0 Å². The van der Waals surface area contributed by atoms with Gasteiger partial charge in [-0.2, -0.15) is 13.1 Å². The molecule has 0 saturated carbocycles. The average Bonchev–Trinajstić information content (AvgIpc) is 2.70. The summed E-state index contributed by atoms with van der Waals surface area (Å²) in [5, 5.41) is 11.2. The van der Waals surface area contributed by atoms with Gasteiger partial charge in [-0.15, -0.1) is 0 Å². The number of rotatable bonds is 19. The number of hydrogen-bond acceptors (Lipinski definition) is 4. The molecule has 0 heterocycles. The third-order valence-electron chi connectivity index (χ3n) is 5.55. The van der Waals surface area contributed by atoms with Gasteiger partial charge in [-0.1, -0.05) is 82.9 Å². The molecule has 0 radical (unpaired) electrons. The molecule has 0 bridgehead atoms. The Kier molecular flexibility index (Phi) is 13.6. The number of likely N-dealkylation sites (N-methyl/N-ethyl adjacent to an activating group) is 1. The number of carboxylic acid groups (broad SMARTS) is 1. The van der Waals surface area contributed by atoms with E-state index in [-0.39, 0.29) is 6.42 Å². The topological polar surface area (TPSA) is 89.5 Å². The molecule has 7 nitrogen and oxygen atoms in total. The predicted molar refractivity (Wildman–Crippen MR) is 134 cm³/mol. The van der Waals surface area contributed by atoms with Crippen molar-refractivity contribution < 1.29 is 22.8 Å². The Bertz CT molecular complexity index is 764. The normalized spacial score (nSPS) is 13.1. The first-order chi connectivity index (χ1) is 15.5. The van der Waals surface area contributed by atoms with Crippen LogP contribution < -0.4 is 14.1 Å². The lowest BCUT2D eigenvalue weighted by atomic mass is 10.1.